The molecule has 0 N–H and O–H groups in total. The molecule has 0 aromatic rings. The van der Waals surface area contributed by atoms with Crippen molar-refractivity contribution < 1.29 is 19.2 Å². The molecule has 18 heavy (non-hydrogen) atoms. The molecule has 0 saturated carbocycles. The highest BCUT2D eigenvalue weighted by molar-refractivity contribution is 6.01. The zero-order valence-corrected chi connectivity index (χ0v) is 10.6. The van der Waals surface area contributed by atoms with Gasteiger partial charge in [-0.25, -0.2) is 19.4 Å². The van der Waals surface area contributed by atoms with Gasteiger partial charge in [0.15, 0.2) is 12.3 Å². The predicted molar refractivity (Wildman–Crippen MR) is 58.9 cm³/mol. The number of imide groups is 2. The van der Waals surface area contributed by atoms with Gasteiger partial charge in [0.05, 0.1) is 0 Å². The zero-order valence-electron chi connectivity index (χ0n) is 10.6. The van der Waals surface area contributed by atoms with Crippen LogP contribution in [-0.2, 0) is 9.59 Å². The summed E-state index contributed by atoms with van der Waals surface area (Å²) in [5, 5.41) is 0. The lowest BCUT2D eigenvalue weighted by Crippen LogP contribution is -2.46. The van der Waals surface area contributed by atoms with Gasteiger partial charge in [-0.1, -0.05) is 0 Å². The minimum atomic E-state index is -0.753. The molecule has 2 heterocycles. The van der Waals surface area contributed by atoms with Crippen molar-refractivity contribution in [3.63, 3.8) is 0 Å². The van der Waals surface area contributed by atoms with Crippen molar-refractivity contribution in [2.75, 3.05) is 14.1 Å². The summed E-state index contributed by atoms with van der Waals surface area (Å²) in [4.78, 5) is 51.3. The van der Waals surface area contributed by atoms with Crippen LogP contribution in [0.2, 0.25) is 0 Å². The van der Waals surface area contributed by atoms with Crippen LogP contribution in [0.1, 0.15) is 13.8 Å². The van der Waals surface area contributed by atoms with Crippen LogP contribution < -0.4 is 0 Å². The number of nitrogens with zero attached hydrogens (tertiary/aromatic N) is 4. The number of amides is 6. The third-order valence-electron chi connectivity index (χ3n) is 3.28. The van der Waals surface area contributed by atoms with E-state index in [-0.39, 0.29) is 0 Å². The third-order valence-corrected chi connectivity index (χ3v) is 3.28. The fourth-order valence-corrected chi connectivity index (χ4v) is 2.45. The SMILES string of the molecule is CC(=O)N1C(=O)N(C)[C@H]2[C@@H]1N(C)C(=O)N2C(C)=O. The van der Waals surface area contributed by atoms with E-state index in [1.54, 1.807) is 0 Å². The fourth-order valence-electron chi connectivity index (χ4n) is 2.45. The first-order valence-electron chi connectivity index (χ1n) is 5.42. The van der Waals surface area contributed by atoms with E-state index in [0.29, 0.717) is 0 Å². The molecule has 2 saturated heterocycles. The monoisotopic (exact) mass is 254 g/mol. The summed E-state index contributed by atoms with van der Waals surface area (Å²) in [7, 11) is 2.93. The summed E-state index contributed by atoms with van der Waals surface area (Å²) in [5.74, 6) is -0.909. The number of urea groups is 2. The molecule has 2 fully saturated rings. The minimum absolute atomic E-state index is 0.454. The number of hydrogen-bond acceptors (Lipinski definition) is 4. The molecular formula is C10H14N4O4. The fraction of sp³-hybridized carbons (Fsp3) is 0.600. The number of rotatable bonds is 0. The maximum atomic E-state index is 11.9. The Morgan fingerprint density at radius 3 is 1.33 bits per heavy atom. The summed E-state index contributed by atoms with van der Waals surface area (Å²) in [6.07, 6.45) is -1.51. The molecule has 0 aliphatic carbocycles. The molecule has 0 aromatic carbocycles. The van der Waals surface area contributed by atoms with Crippen molar-refractivity contribution in [1.29, 1.82) is 0 Å². The van der Waals surface area contributed by atoms with E-state index in [0.717, 1.165) is 9.80 Å². The Balaban J connectivity index is 2.49. The molecule has 0 bridgehead atoms. The second-order valence-corrected chi connectivity index (χ2v) is 4.39. The van der Waals surface area contributed by atoms with Crippen LogP contribution in [-0.4, -0.2) is 69.9 Å². The topological polar surface area (TPSA) is 81.2 Å². The van der Waals surface area contributed by atoms with Gasteiger partial charge in [-0.2, -0.15) is 0 Å². The Labute approximate surface area is 104 Å². The van der Waals surface area contributed by atoms with Crippen molar-refractivity contribution in [3.8, 4) is 0 Å². The van der Waals surface area contributed by atoms with Gasteiger partial charge in [0.2, 0.25) is 11.8 Å². The van der Waals surface area contributed by atoms with Gasteiger partial charge in [0, 0.05) is 27.9 Å². The molecule has 0 aromatic heterocycles. The Morgan fingerprint density at radius 2 is 1.11 bits per heavy atom. The van der Waals surface area contributed by atoms with E-state index in [4.69, 9.17) is 0 Å². The summed E-state index contributed by atoms with van der Waals surface area (Å²) in [6.45, 7) is 2.51. The van der Waals surface area contributed by atoms with Crippen molar-refractivity contribution in [2.45, 2.75) is 26.2 Å². The first-order valence-corrected chi connectivity index (χ1v) is 5.42. The Hall–Kier alpha value is -2.12. The summed E-state index contributed by atoms with van der Waals surface area (Å²) >= 11 is 0. The van der Waals surface area contributed by atoms with Gasteiger partial charge >= 0.3 is 12.1 Å². The molecule has 98 valence electrons. The highest BCUT2D eigenvalue weighted by atomic mass is 16.2. The van der Waals surface area contributed by atoms with E-state index in [2.05, 4.69) is 0 Å². The quantitative estimate of drug-likeness (QED) is 0.581. The normalized spacial score (nSPS) is 27.1. The van der Waals surface area contributed by atoms with Crippen molar-refractivity contribution >= 4 is 23.9 Å². The van der Waals surface area contributed by atoms with Crippen LogP contribution in [0.15, 0.2) is 0 Å². The van der Waals surface area contributed by atoms with Crippen molar-refractivity contribution in [3.05, 3.63) is 0 Å². The van der Waals surface area contributed by atoms with Crippen LogP contribution in [0.5, 0.6) is 0 Å². The van der Waals surface area contributed by atoms with Gasteiger partial charge in [0.25, 0.3) is 0 Å². The average molecular weight is 254 g/mol. The maximum absolute atomic E-state index is 11.9. The van der Waals surface area contributed by atoms with E-state index < -0.39 is 36.2 Å². The summed E-state index contributed by atoms with van der Waals surface area (Å²) < 4.78 is 0. The Morgan fingerprint density at radius 1 is 0.833 bits per heavy atom. The Kier molecular flexibility index (Phi) is 2.53. The third kappa shape index (κ3) is 1.31. The molecular weight excluding hydrogens is 240 g/mol. The molecule has 2 atom stereocenters. The Bertz CT molecular complexity index is 421. The van der Waals surface area contributed by atoms with Gasteiger partial charge in [-0.3, -0.25) is 9.59 Å². The number of hydrogen-bond donors (Lipinski definition) is 0. The number of carbonyl (C=O) groups is 4. The number of fused-ring (bicyclic) bond motifs is 1. The lowest BCUT2D eigenvalue weighted by molar-refractivity contribution is -0.131. The molecule has 0 unspecified atom stereocenters. The highest BCUT2D eigenvalue weighted by Crippen LogP contribution is 2.33. The first kappa shape index (κ1) is 12.3. The van der Waals surface area contributed by atoms with Gasteiger partial charge < -0.3 is 9.80 Å². The first-order chi connectivity index (χ1) is 8.29. The van der Waals surface area contributed by atoms with Gasteiger partial charge in [-0.15, -0.1) is 0 Å². The molecule has 0 spiro atoms. The predicted octanol–water partition coefficient (Wildman–Crippen LogP) is -0.534. The second kappa shape index (κ2) is 3.69. The van der Waals surface area contributed by atoms with Crippen LogP contribution in [0, 0.1) is 0 Å². The zero-order chi connectivity index (χ0) is 13.8. The molecule has 2 rings (SSSR count). The minimum Gasteiger partial charge on any atom is -0.302 e. The maximum Gasteiger partial charge on any atom is 0.330 e. The highest BCUT2D eigenvalue weighted by Gasteiger charge is 2.59. The second-order valence-electron chi connectivity index (χ2n) is 4.39. The lowest BCUT2D eigenvalue weighted by atomic mass is 10.3. The molecule has 8 nitrogen and oxygen atoms in total. The standard InChI is InChI=1S/C10H14N4O4/c1-5(15)13-7-8(12(4)9(13)17)14(6(2)16)10(18)11(7)3/h7-8H,1-4H3/t7-,8-/m1/s1. The van der Waals surface area contributed by atoms with Gasteiger partial charge in [0.1, 0.15) is 0 Å². The lowest BCUT2D eigenvalue weighted by Gasteiger charge is -2.23. The van der Waals surface area contributed by atoms with Crippen LogP contribution in [0.3, 0.4) is 0 Å². The molecule has 8 heteroatoms. The molecule has 2 aliphatic heterocycles. The number of carbonyl (C=O) groups excluding carboxylic acids is 4. The largest absolute Gasteiger partial charge is 0.330 e. The van der Waals surface area contributed by atoms with Crippen molar-refractivity contribution in [2.24, 2.45) is 0 Å². The van der Waals surface area contributed by atoms with E-state index in [9.17, 15) is 19.2 Å². The van der Waals surface area contributed by atoms with E-state index in [1.165, 1.54) is 37.7 Å². The average Bonchev–Trinajstić information content (AvgIpc) is 2.66. The summed E-state index contributed by atoms with van der Waals surface area (Å²) in [6, 6.07) is -1.02. The van der Waals surface area contributed by atoms with E-state index >= 15 is 0 Å². The van der Waals surface area contributed by atoms with Crippen LogP contribution in [0.4, 0.5) is 9.59 Å². The van der Waals surface area contributed by atoms with Crippen LogP contribution >= 0.6 is 0 Å². The van der Waals surface area contributed by atoms with E-state index in [1.807, 2.05) is 0 Å². The smallest absolute Gasteiger partial charge is 0.302 e. The van der Waals surface area contributed by atoms with Gasteiger partial charge in [-0.05, 0) is 0 Å². The van der Waals surface area contributed by atoms with Crippen LogP contribution in [0.25, 0.3) is 0 Å². The molecule has 6 amide bonds. The molecule has 2 aliphatic rings. The summed E-state index contributed by atoms with van der Waals surface area (Å²) in [5.41, 5.74) is 0. The molecule has 0 radical (unpaired) electrons. The number of likely N-dealkylation sites (N-methyl/N-ethyl adjacent to an activating group) is 2. The van der Waals surface area contributed by atoms with Crippen molar-refractivity contribution in [1.82, 2.24) is 19.6 Å².